The zero-order valence-electron chi connectivity index (χ0n) is 11.1. The van der Waals surface area contributed by atoms with E-state index in [0.29, 0.717) is 12.8 Å². The Kier molecular flexibility index (Phi) is 2.98. The molecule has 96 valence electrons. The van der Waals surface area contributed by atoms with Crippen molar-refractivity contribution in [2.24, 2.45) is 16.2 Å². The van der Waals surface area contributed by atoms with Gasteiger partial charge in [0.1, 0.15) is 0 Å². The van der Waals surface area contributed by atoms with Crippen molar-refractivity contribution in [1.82, 2.24) is 0 Å². The highest BCUT2D eigenvalue weighted by Crippen LogP contribution is 2.79. The van der Waals surface area contributed by atoms with E-state index < -0.39 is 16.2 Å². The first-order valence-electron chi connectivity index (χ1n) is 6.26. The van der Waals surface area contributed by atoms with Crippen LogP contribution in [0, 0.1) is 61.6 Å². The first-order chi connectivity index (χ1) is 9.57. The summed E-state index contributed by atoms with van der Waals surface area (Å²) in [5, 5.41) is 37.2. The van der Waals surface area contributed by atoms with Crippen molar-refractivity contribution in [1.29, 1.82) is 21.0 Å². The van der Waals surface area contributed by atoms with Crippen LogP contribution in [0.25, 0.3) is 0 Å². The highest BCUT2D eigenvalue weighted by Gasteiger charge is 2.88. The van der Waals surface area contributed by atoms with Crippen LogP contribution in [-0.2, 0) is 6.42 Å². The van der Waals surface area contributed by atoms with E-state index in [1.54, 1.807) is 6.92 Å². The van der Waals surface area contributed by atoms with Crippen molar-refractivity contribution >= 4 is 0 Å². The first kappa shape index (κ1) is 13.6. The molecule has 0 N–H and O–H groups in total. The monoisotopic (exact) mass is 260 g/mol. The highest BCUT2D eigenvalue weighted by molar-refractivity contribution is 5.55. The van der Waals surface area contributed by atoms with Crippen LogP contribution in [-0.4, -0.2) is 0 Å². The van der Waals surface area contributed by atoms with E-state index in [0.717, 1.165) is 5.56 Å². The molecule has 0 radical (unpaired) electrons. The predicted molar refractivity (Wildman–Crippen MR) is 70.2 cm³/mol. The summed E-state index contributed by atoms with van der Waals surface area (Å²) in [4.78, 5) is 0. The summed E-state index contributed by atoms with van der Waals surface area (Å²) in [7, 11) is 0. The van der Waals surface area contributed by atoms with Crippen molar-refractivity contribution in [3.8, 4) is 24.3 Å². The van der Waals surface area contributed by atoms with Gasteiger partial charge >= 0.3 is 0 Å². The summed E-state index contributed by atoms with van der Waals surface area (Å²) in [6.07, 6.45) is 1.09. The van der Waals surface area contributed by atoms with E-state index >= 15 is 0 Å². The van der Waals surface area contributed by atoms with Crippen LogP contribution in [0.15, 0.2) is 30.3 Å². The Morgan fingerprint density at radius 1 is 0.850 bits per heavy atom. The lowest BCUT2D eigenvalue weighted by molar-refractivity contribution is 0.432. The molecule has 1 aliphatic carbocycles. The summed E-state index contributed by atoms with van der Waals surface area (Å²) in [6.45, 7) is 1.69. The van der Waals surface area contributed by atoms with Gasteiger partial charge in [0.2, 0.25) is 0 Å². The highest BCUT2D eigenvalue weighted by atomic mass is 14.8. The average Bonchev–Trinajstić information content (AvgIpc) is 2.99. The number of hydrogen-bond acceptors (Lipinski definition) is 4. The Morgan fingerprint density at radius 3 is 1.70 bits per heavy atom. The quantitative estimate of drug-likeness (QED) is 0.834. The van der Waals surface area contributed by atoms with Gasteiger partial charge in [-0.25, -0.2) is 0 Å². The first-order valence-corrected chi connectivity index (χ1v) is 6.26. The lowest BCUT2D eigenvalue weighted by Crippen LogP contribution is -2.09. The number of hydrogen-bond donors (Lipinski definition) is 0. The lowest BCUT2D eigenvalue weighted by atomic mass is 9.89. The summed E-state index contributed by atoms with van der Waals surface area (Å²) >= 11 is 0. The minimum absolute atomic E-state index is 0.458. The minimum atomic E-state index is -1.53. The fraction of sp³-hybridized carbons (Fsp3) is 0.375. The molecule has 0 amide bonds. The molecule has 1 aliphatic rings. The average molecular weight is 260 g/mol. The normalized spacial score (nSPS) is 19.6. The molecule has 0 aromatic heterocycles. The van der Waals surface area contributed by atoms with Gasteiger partial charge in [0.05, 0.1) is 24.3 Å². The molecule has 0 bridgehead atoms. The molecule has 2 rings (SSSR count). The van der Waals surface area contributed by atoms with Crippen LogP contribution >= 0.6 is 0 Å². The van der Waals surface area contributed by atoms with Crippen LogP contribution in [0.4, 0.5) is 0 Å². The summed E-state index contributed by atoms with van der Waals surface area (Å²) in [6, 6.07) is 17.3. The Balaban J connectivity index is 2.32. The lowest BCUT2D eigenvalue weighted by Gasteiger charge is -2.11. The second kappa shape index (κ2) is 4.38. The maximum atomic E-state index is 9.31. The SMILES string of the molecule is CC1(CCc2ccccc2)C(C#N)(C#N)C1(C#N)C#N. The van der Waals surface area contributed by atoms with Crippen LogP contribution in [0.3, 0.4) is 0 Å². The van der Waals surface area contributed by atoms with Gasteiger partial charge in [0.15, 0.2) is 10.8 Å². The standard InChI is InChI=1S/C16H12N4/c1-14(8-7-13-5-3-2-4-6-13)15(9-17,10-18)16(14,11-19)12-20/h2-6H,7-8H2,1H3. The molecule has 1 aromatic carbocycles. The molecule has 20 heavy (non-hydrogen) atoms. The van der Waals surface area contributed by atoms with Gasteiger partial charge in [-0.05, 0) is 18.4 Å². The fourth-order valence-electron chi connectivity index (χ4n) is 3.08. The third kappa shape index (κ3) is 1.31. The molecule has 0 aliphatic heterocycles. The molecule has 0 atom stereocenters. The van der Waals surface area contributed by atoms with Gasteiger partial charge in [0, 0.05) is 5.41 Å². The van der Waals surface area contributed by atoms with E-state index in [9.17, 15) is 21.0 Å². The van der Waals surface area contributed by atoms with Gasteiger partial charge in [-0.3, -0.25) is 0 Å². The maximum Gasteiger partial charge on any atom is 0.183 e. The second-order valence-electron chi connectivity index (χ2n) is 5.26. The van der Waals surface area contributed by atoms with E-state index in [4.69, 9.17) is 0 Å². The Hall–Kier alpha value is -2.82. The number of nitrogens with zero attached hydrogens (tertiary/aromatic N) is 4. The Bertz CT molecular complexity index is 625. The molecule has 0 saturated heterocycles. The molecule has 1 fully saturated rings. The molecule has 4 nitrogen and oxygen atoms in total. The minimum Gasteiger partial charge on any atom is -0.196 e. The smallest absolute Gasteiger partial charge is 0.183 e. The van der Waals surface area contributed by atoms with Gasteiger partial charge in [0.25, 0.3) is 0 Å². The van der Waals surface area contributed by atoms with E-state index in [1.165, 1.54) is 0 Å². The van der Waals surface area contributed by atoms with Gasteiger partial charge in [-0.1, -0.05) is 37.3 Å². The number of benzene rings is 1. The van der Waals surface area contributed by atoms with Gasteiger partial charge < -0.3 is 0 Å². The Morgan fingerprint density at radius 2 is 1.30 bits per heavy atom. The largest absolute Gasteiger partial charge is 0.196 e. The van der Waals surface area contributed by atoms with Gasteiger partial charge in [-0.15, -0.1) is 0 Å². The molecule has 1 aromatic rings. The van der Waals surface area contributed by atoms with E-state index in [-0.39, 0.29) is 0 Å². The van der Waals surface area contributed by atoms with Crippen LogP contribution < -0.4 is 0 Å². The number of nitriles is 4. The van der Waals surface area contributed by atoms with E-state index in [1.807, 2.05) is 54.6 Å². The zero-order valence-corrected chi connectivity index (χ0v) is 11.1. The molecular weight excluding hydrogens is 248 g/mol. The summed E-state index contributed by atoms with van der Waals surface area (Å²) < 4.78 is 0. The molecule has 0 heterocycles. The van der Waals surface area contributed by atoms with Crippen LogP contribution in [0.5, 0.6) is 0 Å². The van der Waals surface area contributed by atoms with Crippen LogP contribution in [0.1, 0.15) is 18.9 Å². The molecule has 0 unspecified atom stereocenters. The van der Waals surface area contributed by atoms with Crippen molar-refractivity contribution < 1.29 is 0 Å². The van der Waals surface area contributed by atoms with Gasteiger partial charge in [-0.2, -0.15) is 21.0 Å². The van der Waals surface area contributed by atoms with E-state index in [2.05, 4.69) is 0 Å². The maximum absolute atomic E-state index is 9.31. The van der Waals surface area contributed by atoms with Crippen molar-refractivity contribution in [2.75, 3.05) is 0 Å². The predicted octanol–water partition coefficient (Wildman–Crippen LogP) is 2.71. The van der Waals surface area contributed by atoms with Crippen molar-refractivity contribution in [2.45, 2.75) is 19.8 Å². The van der Waals surface area contributed by atoms with Crippen molar-refractivity contribution in [3.05, 3.63) is 35.9 Å². The topological polar surface area (TPSA) is 95.2 Å². The van der Waals surface area contributed by atoms with Crippen molar-refractivity contribution in [3.63, 3.8) is 0 Å². The van der Waals surface area contributed by atoms with Crippen LogP contribution in [0.2, 0.25) is 0 Å². The third-order valence-electron chi connectivity index (χ3n) is 4.58. The molecule has 0 spiro atoms. The summed E-state index contributed by atoms with van der Waals surface area (Å²) in [5.41, 5.74) is -2.91. The third-order valence-corrected chi connectivity index (χ3v) is 4.58. The fourth-order valence-corrected chi connectivity index (χ4v) is 3.08. The zero-order chi connectivity index (χ0) is 14.9. The summed E-state index contributed by atoms with van der Waals surface area (Å²) in [5.74, 6) is 0. The molecule has 4 heteroatoms. The number of rotatable bonds is 3. The number of aryl methyl sites for hydroxylation is 1. The molecular formula is C16H12N4. The Labute approximate surface area is 118 Å². The second-order valence-corrected chi connectivity index (χ2v) is 5.26. The molecule has 1 saturated carbocycles.